The van der Waals surface area contributed by atoms with Crippen molar-refractivity contribution in [1.29, 1.82) is 0 Å². The lowest BCUT2D eigenvalue weighted by molar-refractivity contribution is -0.173. The molecule has 1 N–H and O–H groups in total. The molecule has 0 spiro atoms. The van der Waals surface area contributed by atoms with E-state index in [4.69, 9.17) is 4.43 Å². The number of carboxylic acids is 1. The van der Waals surface area contributed by atoms with E-state index >= 15 is 0 Å². The summed E-state index contributed by atoms with van der Waals surface area (Å²) in [6.07, 6.45) is 4.01. The SMILES string of the molecule is C[SiH](C)O[C@@](C)([C@@H]1C(=O)N2C(C(=O)O)=C(Cc3nccn3Cc3ccccc3)S[C@H]12)C(C)(C)C. The highest BCUT2D eigenvalue weighted by Gasteiger charge is 2.65. The van der Waals surface area contributed by atoms with Gasteiger partial charge in [-0.25, -0.2) is 9.78 Å². The lowest BCUT2D eigenvalue weighted by atomic mass is 9.66. The molecule has 2 aliphatic rings. The van der Waals surface area contributed by atoms with Crippen LogP contribution < -0.4 is 0 Å². The van der Waals surface area contributed by atoms with Crippen LogP contribution in [0.4, 0.5) is 0 Å². The molecular weight excluding hydrogens is 466 g/mol. The molecule has 3 heterocycles. The minimum absolute atomic E-state index is 0.0866. The molecule has 0 unspecified atom stereocenters. The van der Waals surface area contributed by atoms with Crippen LogP contribution >= 0.6 is 11.8 Å². The summed E-state index contributed by atoms with van der Waals surface area (Å²) in [6.45, 7) is 13.1. The van der Waals surface area contributed by atoms with Crippen LogP contribution in [-0.4, -0.2) is 51.4 Å². The molecule has 9 heteroatoms. The highest BCUT2D eigenvalue weighted by atomic mass is 32.2. The average molecular weight is 500 g/mol. The Hall–Kier alpha value is -2.36. The van der Waals surface area contributed by atoms with Crippen LogP contribution in [0.1, 0.15) is 39.1 Å². The largest absolute Gasteiger partial charge is 0.477 e. The standard InChI is InChI=1S/C25H33N3O4SSi/c1-24(2,3)25(4,32-34(5)6)19-21(29)28-20(23(30)31)17(33-22(19)28)14-18-26-12-13-27(18)15-16-10-8-7-9-11-16/h7-13,19,22,34H,14-15H2,1-6H3,(H,30,31)/t19-,22-,25+/m1/s1. The summed E-state index contributed by atoms with van der Waals surface area (Å²) in [4.78, 5) is 32.3. The number of hydrogen-bond acceptors (Lipinski definition) is 5. The van der Waals surface area contributed by atoms with Gasteiger partial charge >= 0.3 is 5.97 Å². The molecule has 34 heavy (non-hydrogen) atoms. The van der Waals surface area contributed by atoms with Gasteiger partial charge in [0.1, 0.15) is 16.9 Å². The third kappa shape index (κ3) is 4.25. The maximum Gasteiger partial charge on any atom is 0.353 e. The van der Waals surface area contributed by atoms with E-state index in [9.17, 15) is 14.7 Å². The molecule has 0 aliphatic carbocycles. The fraction of sp³-hybridized carbons (Fsp3) is 0.480. The number of benzene rings is 1. The van der Waals surface area contributed by atoms with Crippen molar-refractivity contribution in [3.8, 4) is 0 Å². The minimum atomic E-state index is -1.46. The van der Waals surface area contributed by atoms with Crippen molar-refractivity contribution in [2.75, 3.05) is 0 Å². The summed E-state index contributed by atoms with van der Waals surface area (Å²) in [7, 11) is -1.46. The Morgan fingerprint density at radius 1 is 1.21 bits per heavy atom. The van der Waals surface area contributed by atoms with E-state index in [-0.39, 0.29) is 22.4 Å². The lowest BCUT2D eigenvalue weighted by Gasteiger charge is -2.56. The lowest BCUT2D eigenvalue weighted by Crippen LogP contribution is -2.69. The maximum absolute atomic E-state index is 13.4. The number of amides is 1. The topological polar surface area (TPSA) is 84.7 Å². The molecular formula is C25H33N3O4SSi. The normalized spacial score (nSPS) is 22.1. The molecule has 1 fully saturated rings. The zero-order chi connectivity index (χ0) is 24.8. The number of allylic oxidation sites excluding steroid dienone is 1. The zero-order valence-corrected chi connectivity index (χ0v) is 22.6. The Morgan fingerprint density at radius 2 is 1.88 bits per heavy atom. The third-order valence-corrected chi connectivity index (χ3v) is 9.20. The van der Waals surface area contributed by atoms with Gasteiger partial charge in [0.05, 0.1) is 11.5 Å². The van der Waals surface area contributed by atoms with E-state index in [0.29, 0.717) is 17.9 Å². The van der Waals surface area contributed by atoms with Crippen molar-refractivity contribution in [3.05, 3.63) is 64.7 Å². The van der Waals surface area contributed by atoms with Gasteiger partial charge in [0.25, 0.3) is 0 Å². The Labute approximate surface area is 206 Å². The number of thioether (sulfide) groups is 1. The van der Waals surface area contributed by atoms with Crippen LogP contribution in [-0.2, 0) is 27.0 Å². The van der Waals surface area contributed by atoms with Gasteiger partial charge in [0.2, 0.25) is 5.91 Å². The Kier molecular flexibility index (Phi) is 6.56. The molecule has 3 atom stereocenters. The Morgan fingerprint density at radius 3 is 2.47 bits per heavy atom. The summed E-state index contributed by atoms with van der Waals surface area (Å²) >= 11 is 1.48. The number of nitrogens with zero attached hydrogens (tertiary/aromatic N) is 3. The second-order valence-electron chi connectivity index (χ2n) is 10.4. The Balaban J connectivity index is 1.62. The van der Waals surface area contributed by atoms with Gasteiger partial charge in [-0.2, -0.15) is 0 Å². The van der Waals surface area contributed by atoms with Crippen molar-refractivity contribution < 1.29 is 19.1 Å². The quantitative estimate of drug-likeness (QED) is 0.435. The van der Waals surface area contributed by atoms with E-state index in [1.165, 1.54) is 16.7 Å². The first-order valence-electron chi connectivity index (χ1n) is 11.6. The number of imidazole rings is 1. The van der Waals surface area contributed by atoms with Crippen LogP contribution in [0, 0.1) is 11.3 Å². The predicted octanol–water partition coefficient (Wildman–Crippen LogP) is 4.11. The number of carbonyl (C=O) groups excluding carboxylic acids is 1. The number of carboxylic acid groups (broad SMARTS) is 1. The van der Waals surface area contributed by atoms with Gasteiger partial charge in [-0.3, -0.25) is 9.69 Å². The zero-order valence-electron chi connectivity index (χ0n) is 20.6. The molecule has 2 aromatic rings. The van der Waals surface area contributed by atoms with Crippen LogP contribution in [0.15, 0.2) is 53.3 Å². The third-order valence-electron chi connectivity index (χ3n) is 6.89. The van der Waals surface area contributed by atoms with E-state index in [2.05, 4.69) is 51.0 Å². The number of rotatable bonds is 8. The molecule has 7 nitrogen and oxygen atoms in total. The van der Waals surface area contributed by atoms with Gasteiger partial charge in [-0.05, 0) is 31.0 Å². The van der Waals surface area contributed by atoms with Crippen LogP contribution in [0.5, 0.6) is 0 Å². The first-order valence-corrected chi connectivity index (χ1v) is 15.3. The highest BCUT2D eigenvalue weighted by molar-refractivity contribution is 8.04. The number of β-lactam (4-membered cyclic amide) rings is 1. The summed E-state index contributed by atoms with van der Waals surface area (Å²) in [5.41, 5.74) is 0.269. The van der Waals surface area contributed by atoms with E-state index < -0.39 is 26.5 Å². The van der Waals surface area contributed by atoms with Crippen LogP contribution in [0.2, 0.25) is 13.1 Å². The Bertz CT molecular complexity index is 1120. The second-order valence-corrected chi connectivity index (χ2v) is 14.0. The predicted molar refractivity (Wildman–Crippen MR) is 136 cm³/mol. The fourth-order valence-corrected chi connectivity index (χ4v) is 7.90. The number of aliphatic carboxylic acids is 1. The monoisotopic (exact) mass is 499 g/mol. The second kappa shape index (κ2) is 9.01. The van der Waals surface area contributed by atoms with Gasteiger partial charge in [-0.15, -0.1) is 11.8 Å². The van der Waals surface area contributed by atoms with E-state index in [1.54, 1.807) is 6.20 Å². The number of fused-ring (bicyclic) bond motifs is 1. The molecule has 0 saturated carbocycles. The van der Waals surface area contributed by atoms with Crippen LogP contribution in [0.3, 0.4) is 0 Å². The van der Waals surface area contributed by atoms with Crippen molar-refractivity contribution >= 4 is 32.7 Å². The molecule has 1 aromatic heterocycles. The molecule has 0 bridgehead atoms. The van der Waals surface area contributed by atoms with E-state index in [1.807, 2.05) is 35.9 Å². The summed E-state index contributed by atoms with van der Waals surface area (Å²) in [6, 6.07) is 10.1. The minimum Gasteiger partial charge on any atom is -0.477 e. The van der Waals surface area contributed by atoms with Gasteiger partial charge in [0.15, 0.2) is 9.04 Å². The van der Waals surface area contributed by atoms with E-state index in [0.717, 1.165) is 11.4 Å². The van der Waals surface area contributed by atoms with Gasteiger partial charge in [0, 0.05) is 30.3 Å². The molecule has 4 rings (SSSR count). The van der Waals surface area contributed by atoms with Gasteiger partial charge in [-0.1, -0.05) is 51.1 Å². The molecule has 0 radical (unpaired) electrons. The van der Waals surface area contributed by atoms with Crippen molar-refractivity contribution in [1.82, 2.24) is 14.5 Å². The first kappa shape index (κ1) is 24.8. The molecule has 1 saturated heterocycles. The maximum atomic E-state index is 13.4. The molecule has 1 amide bonds. The van der Waals surface area contributed by atoms with Gasteiger partial charge < -0.3 is 14.1 Å². The molecule has 2 aliphatic heterocycles. The average Bonchev–Trinajstić information content (AvgIpc) is 3.30. The number of hydrogen-bond donors (Lipinski definition) is 1. The fourth-order valence-electron chi connectivity index (χ4n) is 4.79. The summed E-state index contributed by atoms with van der Waals surface area (Å²) in [5, 5.41) is 9.76. The number of aromatic nitrogens is 2. The first-order chi connectivity index (χ1) is 15.9. The summed E-state index contributed by atoms with van der Waals surface area (Å²) < 4.78 is 8.53. The van der Waals surface area contributed by atoms with Crippen LogP contribution in [0.25, 0.3) is 0 Å². The number of carbonyl (C=O) groups is 2. The molecule has 1 aromatic carbocycles. The van der Waals surface area contributed by atoms with Crippen molar-refractivity contribution in [3.63, 3.8) is 0 Å². The summed E-state index contributed by atoms with van der Waals surface area (Å²) in [5.74, 6) is -0.858. The smallest absolute Gasteiger partial charge is 0.353 e. The van der Waals surface area contributed by atoms with Crippen molar-refractivity contribution in [2.45, 2.75) is 64.7 Å². The highest BCUT2D eigenvalue weighted by Crippen LogP contribution is 2.57. The van der Waals surface area contributed by atoms with Crippen molar-refractivity contribution in [2.24, 2.45) is 11.3 Å². The molecule has 182 valence electrons.